The predicted molar refractivity (Wildman–Crippen MR) is 73.0 cm³/mol. The Morgan fingerprint density at radius 1 is 0.765 bits per heavy atom. The average molecular weight is 239 g/mol. The molecule has 0 amide bonds. The third-order valence-electron chi connectivity index (χ3n) is 2.97. The van der Waals surface area contributed by atoms with Crippen LogP contribution in [0, 0.1) is 0 Å². The Balaban J connectivity index is 2.84. The molecule has 0 spiro atoms. The fraction of sp³-hybridized carbons (Fsp3) is 1.00. The second-order valence-electron chi connectivity index (χ2n) is 3.83. The van der Waals surface area contributed by atoms with Crippen LogP contribution >= 0.6 is 0 Å². The molecule has 1 aliphatic rings. The molecule has 0 bridgehead atoms. The number of rotatable bonds is 6. The maximum absolute atomic E-state index is 5.74. The summed E-state index contributed by atoms with van der Waals surface area (Å²) in [5, 5.41) is 0. The van der Waals surface area contributed by atoms with E-state index in [0.717, 1.165) is 0 Å². The van der Waals surface area contributed by atoms with Gasteiger partial charge in [0, 0.05) is 0 Å². The first kappa shape index (κ1) is 15.1. The fourth-order valence-electron chi connectivity index (χ4n) is 2.17. The molecule has 1 heterocycles. The van der Waals surface area contributed by atoms with Crippen LogP contribution in [0.4, 0.5) is 0 Å². The van der Waals surface area contributed by atoms with Gasteiger partial charge in [0.15, 0.2) is 6.29 Å². The molecular formula is C6H17B5O6. The van der Waals surface area contributed by atoms with Gasteiger partial charge in [-0.05, 0) is 0 Å². The van der Waals surface area contributed by atoms with E-state index >= 15 is 0 Å². The maximum atomic E-state index is 5.74. The molecule has 0 aliphatic carbocycles. The van der Waals surface area contributed by atoms with Crippen LogP contribution in [0.1, 0.15) is 0 Å². The molecule has 17 heavy (non-hydrogen) atoms. The monoisotopic (exact) mass is 240 g/mol. The topological polar surface area (TPSA) is 55.4 Å². The van der Waals surface area contributed by atoms with E-state index in [9.17, 15) is 0 Å². The highest BCUT2D eigenvalue weighted by Crippen LogP contribution is 2.27. The first-order chi connectivity index (χ1) is 8.23. The summed E-state index contributed by atoms with van der Waals surface area (Å²) >= 11 is 0. The minimum Gasteiger partial charge on any atom is -0.441 e. The lowest BCUT2D eigenvalue weighted by molar-refractivity contribution is -0.258. The summed E-state index contributed by atoms with van der Waals surface area (Å²) in [5.74, 6) is 0. The molecule has 0 N–H and O–H groups in total. The van der Waals surface area contributed by atoms with Gasteiger partial charge in [0.1, 0.15) is 12.2 Å². The second kappa shape index (κ2) is 7.50. The van der Waals surface area contributed by atoms with Crippen LogP contribution in [0.3, 0.4) is 0 Å². The van der Waals surface area contributed by atoms with Gasteiger partial charge in [-0.1, -0.05) is 0 Å². The maximum Gasteiger partial charge on any atom is 0.260 e. The van der Waals surface area contributed by atoms with Crippen LogP contribution < -0.4 is 0 Å². The lowest BCUT2D eigenvalue weighted by Crippen LogP contribution is -2.61. The van der Waals surface area contributed by atoms with Gasteiger partial charge in [-0.25, -0.2) is 0 Å². The Kier molecular flexibility index (Phi) is 6.68. The molecular weight excluding hydrogens is 222 g/mol. The molecule has 5 atom stereocenters. The third-order valence-corrected chi connectivity index (χ3v) is 2.97. The molecule has 1 saturated heterocycles. The summed E-state index contributed by atoms with van der Waals surface area (Å²) < 4.78 is 32.3. The number of hydrogen-bond donors (Lipinski definition) is 0. The van der Waals surface area contributed by atoms with Gasteiger partial charge < -0.3 is 28.0 Å². The van der Waals surface area contributed by atoms with Crippen molar-refractivity contribution in [3.05, 3.63) is 0 Å². The van der Waals surface area contributed by atoms with Crippen molar-refractivity contribution in [1.29, 1.82) is 0 Å². The van der Waals surface area contributed by atoms with Crippen LogP contribution in [0.15, 0.2) is 0 Å². The lowest BCUT2D eigenvalue weighted by atomic mass is 9.96. The van der Waals surface area contributed by atoms with Gasteiger partial charge in [-0.15, -0.1) is 0 Å². The normalized spacial score (nSPS) is 38.0. The number of ether oxygens (including phenoxy) is 1. The summed E-state index contributed by atoms with van der Waals surface area (Å²) in [4.78, 5) is 0. The summed E-state index contributed by atoms with van der Waals surface area (Å²) in [7, 11) is 8.01. The summed E-state index contributed by atoms with van der Waals surface area (Å²) in [5.41, 5.74) is 0. The molecule has 0 aromatic carbocycles. The van der Waals surface area contributed by atoms with E-state index in [1.807, 2.05) is 0 Å². The Morgan fingerprint density at radius 2 is 1.35 bits per heavy atom. The van der Waals surface area contributed by atoms with E-state index in [1.54, 1.807) is 40.2 Å². The second-order valence-corrected chi connectivity index (χ2v) is 3.83. The Morgan fingerprint density at radius 3 is 1.76 bits per heavy atom. The molecule has 0 unspecified atom stereocenters. The minimum atomic E-state index is -0.489. The van der Waals surface area contributed by atoms with Gasteiger partial charge in [0.05, 0.1) is 18.8 Å². The predicted octanol–water partition coefficient (Wildman–Crippen LogP) is -5.36. The van der Waals surface area contributed by atoms with Crippen molar-refractivity contribution >= 4 is 40.2 Å². The van der Waals surface area contributed by atoms with Crippen molar-refractivity contribution in [3.63, 3.8) is 0 Å². The summed E-state index contributed by atoms with van der Waals surface area (Å²) in [6, 6.07) is 0. The molecule has 6 nitrogen and oxygen atoms in total. The molecule has 0 aromatic heterocycles. The summed E-state index contributed by atoms with van der Waals surface area (Å²) in [6.07, 6.45) is -1.58. The fourth-order valence-corrected chi connectivity index (χ4v) is 2.17. The van der Waals surface area contributed by atoms with E-state index in [1.165, 1.54) is 0 Å². The van der Waals surface area contributed by atoms with Crippen LogP contribution in [0.2, 0.25) is 0 Å². The number of hydrogen-bond acceptors (Lipinski definition) is 6. The standard InChI is InChI=1S/C6H17B5O6/c7-12-1-2-3(14-8)4(15-9)5(16-10)6(13-2)17-11/h2-6H,1,7-11H2/t2-,3-,4+,5-,6+/m1/s1. The van der Waals surface area contributed by atoms with Crippen molar-refractivity contribution in [2.24, 2.45) is 0 Å². The van der Waals surface area contributed by atoms with Crippen molar-refractivity contribution in [2.75, 3.05) is 6.61 Å². The summed E-state index contributed by atoms with van der Waals surface area (Å²) in [6.45, 7) is 0.411. The van der Waals surface area contributed by atoms with Crippen LogP contribution in [-0.4, -0.2) is 77.6 Å². The zero-order valence-corrected chi connectivity index (χ0v) is 11.0. The highest BCUT2D eigenvalue weighted by atomic mass is 16.7. The molecule has 92 valence electrons. The van der Waals surface area contributed by atoms with Crippen LogP contribution in [-0.2, 0) is 28.0 Å². The average Bonchev–Trinajstić information content (AvgIpc) is 2.37. The van der Waals surface area contributed by atoms with Gasteiger partial charge in [-0.2, -0.15) is 0 Å². The van der Waals surface area contributed by atoms with E-state index in [4.69, 9.17) is 28.0 Å². The van der Waals surface area contributed by atoms with E-state index in [2.05, 4.69) is 0 Å². The molecule has 1 rings (SSSR count). The molecule has 0 radical (unpaired) electrons. The van der Waals surface area contributed by atoms with Crippen molar-refractivity contribution < 1.29 is 28.0 Å². The van der Waals surface area contributed by atoms with Crippen molar-refractivity contribution in [3.8, 4) is 0 Å². The Bertz CT molecular complexity index is 223. The lowest BCUT2D eigenvalue weighted by Gasteiger charge is -2.45. The smallest absolute Gasteiger partial charge is 0.260 e. The highest BCUT2D eigenvalue weighted by Gasteiger charge is 2.45. The largest absolute Gasteiger partial charge is 0.441 e. The third kappa shape index (κ3) is 3.30. The zero-order chi connectivity index (χ0) is 12.8. The van der Waals surface area contributed by atoms with E-state index < -0.39 is 6.29 Å². The highest BCUT2D eigenvalue weighted by molar-refractivity contribution is 6.00. The Labute approximate surface area is 106 Å². The molecule has 11 heteroatoms. The van der Waals surface area contributed by atoms with Crippen LogP contribution in [0.25, 0.3) is 0 Å². The minimum absolute atomic E-state index is 0.244. The van der Waals surface area contributed by atoms with E-state index in [0.29, 0.717) is 6.61 Å². The van der Waals surface area contributed by atoms with Crippen molar-refractivity contribution in [2.45, 2.75) is 30.7 Å². The van der Waals surface area contributed by atoms with Gasteiger partial charge in [0.2, 0.25) is 0 Å². The Hall–Kier alpha value is 0.0847. The van der Waals surface area contributed by atoms with Crippen molar-refractivity contribution in [1.82, 2.24) is 0 Å². The molecule has 0 aromatic rings. The van der Waals surface area contributed by atoms with E-state index in [-0.39, 0.29) is 24.4 Å². The van der Waals surface area contributed by atoms with Gasteiger partial charge in [-0.3, -0.25) is 0 Å². The molecule has 1 aliphatic heterocycles. The van der Waals surface area contributed by atoms with Gasteiger partial charge >= 0.3 is 0 Å². The molecule has 1 fully saturated rings. The zero-order valence-electron chi connectivity index (χ0n) is 11.0. The first-order valence-electron chi connectivity index (χ1n) is 5.49. The van der Waals surface area contributed by atoms with Crippen LogP contribution in [0.5, 0.6) is 0 Å². The molecule has 0 saturated carbocycles. The first-order valence-corrected chi connectivity index (χ1v) is 5.49. The van der Waals surface area contributed by atoms with Gasteiger partial charge in [0.25, 0.3) is 40.2 Å². The quantitative estimate of drug-likeness (QED) is 0.431. The SMILES string of the molecule is BOC[C@H]1O[C@@H](OB)[C@H](OB)[C@@H](OB)[C@@H]1OB.